The van der Waals surface area contributed by atoms with Gasteiger partial charge in [0.25, 0.3) is 5.91 Å². The van der Waals surface area contributed by atoms with Gasteiger partial charge in [0.1, 0.15) is 27.7 Å². The molecule has 3 aromatic rings. The second kappa shape index (κ2) is 9.44. The number of hydrogen-bond acceptors (Lipinski definition) is 8. The first-order valence-electron chi connectivity index (χ1n) is 10.2. The lowest BCUT2D eigenvalue weighted by Crippen LogP contribution is -2.34. The molecule has 2 N–H and O–H groups in total. The van der Waals surface area contributed by atoms with Crippen LogP contribution in [0.2, 0.25) is 0 Å². The number of amides is 1. The highest BCUT2D eigenvalue weighted by Gasteiger charge is 2.20. The summed E-state index contributed by atoms with van der Waals surface area (Å²) in [5.74, 6) is -0.429. The Balaban J connectivity index is 1.73. The number of hydrogen-bond donors (Lipinski definition) is 2. The van der Waals surface area contributed by atoms with Crippen molar-refractivity contribution in [2.24, 2.45) is 0 Å². The van der Waals surface area contributed by atoms with Crippen molar-refractivity contribution in [2.45, 2.75) is 47.1 Å². The van der Waals surface area contributed by atoms with Gasteiger partial charge < -0.3 is 15.4 Å². The first-order valence-corrected chi connectivity index (χ1v) is 11.0. The van der Waals surface area contributed by atoms with Gasteiger partial charge in [-0.2, -0.15) is 0 Å². The molecule has 2 aromatic heterocycles. The lowest BCUT2D eigenvalue weighted by Gasteiger charge is -2.19. The minimum Gasteiger partial charge on any atom is -0.459 e. The van der Waals surface area contributed by atoms with E-state index < -0.39 is 11.6 Å². The van der Waals surface area contributed by atoms with Gasteiger partial charge in [-0.15, -0.1) is 11.3 Å². The normalized spacial score (nSPS) is 11.2. The van der Waals surface area contributed by atoms with Gasteiger partial charge in [0.2, 0.25) is 5.95 Å². The molecule has 0 saturated heterocycles. The summed E-state index contributed by atoms with van der Waals surface area (Å²) in [6.07, 6.45) is 1.65. The number of rotatable bonds is 6. The van der Waals surface area contributed by atoms with E-state index in [9.17, 15) is 9.59 Å². The monoisotopic (exact) mass is 453 g/mol. The van der Waals surface area contributed by atoms with Gasteiger partial charge in [-0.05, 0) is 70.9 Å². The van der Waals surface area contributed by atoms with Crippen molar-refractivity contribution < 1.29 is 14.3 Å². The van der Waals surface area contributed by atoms with Crippen LogP contribution in [0.5, 0.6) is 0 Å². The molecule has 0 spiro atoms. The van der Waals surface area contributed by atoms with Crippen molar-refractivity contribution in [1.29, 1.82) is 0 Å². The fourth-order valence-corrected chi connectivity index (χ4v) is 3.99. The van der Waals surface area contributed by atoms with Crippen LogP contribution in [-0.2, 0) is 9.53 Å². The summed E-state index contributed by atoms with van der Waals surface area (Å²) >= 11 is 1.21. The number of nitrogens with zero attached hydrogens (tertiary/aromatic N) is 3. The van der Waals surface area contributed by atoms with Crippen LogP contribution in [-0.4, -0.2) is 39.0 Å². The Morgan fingerprint density at radius 3 is 2.41 bits per heavy atom. The first-order chi connectivity index (χ1) is 15.0. The van der Waals surface area contributed by atoms with Crippen LogP contribution in [0.1, 0.15) is 47.3 Å². The molecule has 0 aliphatic heterocycles. The summed E-state index contributed by atoms with van der Waals surface area (Å²) in [5, 5.41) is 6.40. The fourth-order valence-electron chi connectivity index (χ4n) is 3.04. The summed E-state index contributed by atoms with van der Waals surface area (Å²) in [6.45, 7) is 10.9. The van der Waals surface area contributed by atoms with Crippen LogP contribution < -0.4 is 10.6 Å². The Hall–Kier alpha value is -3.33. The largest absolute Gasteiger partial charge is 0.459 e. The van der Waals surface area contributed by atoms with Gasteiger partial charge in [-0.25, -0.2) is 15.0 Å². The SMILES string of the molecule is Cc1cc(C)cc(Nc2nccc(-c3nc(C)c(C(=O)NCC(=O)OC(C)(C)C)s3)n2)c1. The van der Waals surface area contributed by atoms with Crippen LogP contribution in [0, 0.1) is 20.8 Å². The zero-order valence-electron chi connectivity index (χ0n) is 19.1. The van der Waals surface area contributed by atoms with Crippen molar-refractivity contribution in [3.8, 4) is 10.7 Å². The summed E-state index contributed by atoms with van der Waals surface area (Å²) in [4.78, 5) is 38.2. The van der Waals surface area contributed by atoms with Crippen molar-refractivity contribution in [3.63, 3.8) is 0 Å². The molecule has 1 amide bonds. The first kappa shape index (κ1) is 23.3. The molecule has 168 valence electrons. The van der Waals surface area contributed by atoms with E-state index in [0.29, 0.717) is 27.2 Å². The zero-order valence-corrected chi connectivity index (χ0v) is 19.9. The van der Waals surface area contributed by atoms with Crippen LogP contribution >= 0.6 is 11.3 Å². The predicted octanol–water partition coefficient (Wildman–Crippen LogP) is 4.34. The second-order valence-electron chi connectivity index (χ2n) is 8.47. The third-order valence-electron chi connectivity index (χ3n) is 4.17. The smallest absolute Gasteiger partial charge is 0.325 e. The maximum absolute atomic E-state index is 12.6. The van der Waals surface area contributed by atoms with Crippen LogP contribution in [0.4, 0.5) is 11.6 Å². The topological polar surface area (TPSA) is 106 Å². The van der Waals surface area contributed by atoms with Gasteiger partial charge in [0.05, 0.1) is 5.69 Å². The Bertz CT molecular complexity index is 1130. The Morgan fingerprint density at radius 2 is 1.75 bits per heavy atom. The molecule has 0 saturated carbocycles. The molecular formula is C23H27N5O3S. The van der Waals surface area contributed by atoms with Crippen molar-refractivity contribution in [3.05, 3.63) is 52.2 Å². The number of thiazole rings is 1. The molecule has 0 fully saturated rings. The number of esters is 1. The molecule has 0 bridgehead atoms. The molecule has 9 heteroatoms. The highest BCUT2D eigenvalue weighted by molar-refractivity contribution is 7.17. The van der Waals surface area contributed by atoms with E-state index in [1.165, 1.54) is 11.3 Å². The van der Waals surface area contributed by atoms with Gasteiger partial charge in [-0.3, -0.25) is 9.59 Å². The quantitative estimate of drug-likeness (QED) is 0.535. The second-order valence-corrected chi connectivity index (χ2v) is 9.47. The van der Waals surface area contributed by atoms with Crippen LogP contribution in [0.15, 0.2) is 30.5 Å². The molecule has 0 unspecified atom stereocenters. The van der Waals surface area contributed by atoms with Gasteiger partial charge in [0.15, 0.2) is 0 Å². The zero-order chi connectivity index (χ0) is 23.5. The predicted molar refractivity (Wildman–Crippen MR) is 125 cm³/mol. The van der Waals surface area contributed by atoms with Crippen molar-refractivity contribution >= 4 is 34.8 Å². The third-order valence-corrected chi connectivity index (χ3v) is 5.35. The van der Waals surface area contributed by atoms with E-state index in [-0.39, 0.29) is 12.5 Å². The van der Waals surface area contributed by atoms with Crippen molar-refractivity contribution in [1.82, 2.24) is 20.3 Å². The lowest BCUT2D eigenvalue weighted by atomic mass is 10.1. The van der Waals surface area contributed by atoms with Gasteiger partial charge in [-0.1, -0.05) is 6.07 Å². The minimum absolute atomic E-state index is 0.208. The average molecular weight is 454 g/mol. The van der Waals surface area contributed by atoms with E-state index in [1.54, 1.807) is 40.0 Å². The summed E-state index contributed by atoms with van der Waals surface area (Å²) < 4.78 is 5.22. The van der Waals surface area contributed by atoms with Gasteiger partial charge in [0, 0.05) is 11.9 Å². The van der Waals surface area contributed by atoms with Crippen LogP contribution in [0.3, 0.4) is 0 Å². The molecule has 0 atom stereocenters. The standard InChI is InChI=1S/C23H27N5O3S/c1-13-9-14(2)11-16(10-13)27-22-24-8-7-17(28-22)21-26-15(3)19(32-21)20(30)25-12-18(29)31-23(4,5)6/h7-11H,12H2,1-6H3,(H,25,30)(H,24,27,28). The summed E-state index contributed by atoms with van der Waals surface area (Å²) in [5.41, 5.74) is 3.74. The number of aryl methyl sites for hydroxylation is 3. The number of carbonyl (C=O) groups is 2. The highest BCUT2D eigenvalue weighted by Crippen LogP contribution is 2.27. The van der Waals surface area contributed by atoms with E-state index in [2.05, 4.69) is 31.7 Å². The fraction of sp³-hybridized carbons (Fsp3) is 0.348. The molecule has 0 radical (unpaired) electrons. The maximum atomic E-state index is 12.6. The average Bonchev–Trinajstić information content (AvgIpc) is 3.06. The Kier molecular flexibility index (Phi) is 6.88. The summed E-state index contributed by atoms with van der Waals surface area (Å²) in [6, 6.07) is 7.87. The molecule has 3 rings (SSSR count). The number of aromatic nitrogens is 3. The van der Waals surface area contributed by atoms with E-state index in [0.717, 1.165) is 16.8 Å². The highest BCUT2D eigenvalue weighted by atomic mass is 32.1. The molecular weight excluding hydrogens is 426 g/mol. The van der Waals surface area contributed by atoms with E-state index >= 15 is 0 Å². The third kappa shape index (κ3) is 6.34. The minimum atomic E-state index is -0.606. The molecule has 8 nitrogen and oxygen atoms in total. The molecule has 2 heterocycles. The molecule has 1 aromatic carbocycles. The molecule has 0 aliphatic carbocycles. The number of anilines is 2. The Morgan fingerprint density at radius 1 is 1.06 bits per heavy atom. The van der Waals surface area contributed by atoms with E-state index in [1.807, 2.05) is 26.0 Å². The number of carbonyl (C=O) groups excluding carboxylic acids is 2. The van der Waals surface area contributed by atoms with Crippen molar-refractivity contribution in [2.75, 3.05) is 11.9 Å². The molecule has 0 aliphatic rings. The van der Waals surface area contributed by atoms with E-state index in [4.69, 9.17) is 4.74 Å². The summed E-state index contributed by atoms with van der Waals surface area (Å²) in [7, 11) is 0. The molecule has 32 heavy (non-hydrogen) atoms. The number of ether oxygens (including phenoxy) is 1. The number of nitrogens with one attached hydrogen (secondary N) is 2. The Labute approximate surface area is 191 Å². The maximum Gasteiger partial charge on any atom is 0.325 e. The number of benzene rings is 1. The van der Waals surface area contributed by atoms with Crippen LogP contribution in [0.25, 0.3) is 10.7 Å². The van der Waals surface area contributed by atoms with Gasteiger partial charge >= 0.3 is 5.97 Å². The lowest BCUT2D eigenvalue weighted by molar-refractivity contribution is -0.153.